The molecule has 2 heterocycles. The van der Waals surface area contributed by atoms with Gasteiger partial charge in [0.1, 0.15) is 0 Å². The molecule has 3 nitrogen and oxygen atoms in total. The van der Waals surface area contributed by atoms with Crippen molar-refractivity contribution < 1.29 is 31.1 Å². The molecule has 2 N–H and O–H groups in total. The topological polar surface area (TPSA) is 41.1 Å². The maximum absolute atomic E-state index is 12.4. The number of alkyl halides is 6. The van der Waals surface area contributed by atoms with Crippen LogP contribution in [-0.2, 0) is 12.4 Å². The molecule has 0 atom stereocenters. The van der Waals surface area contributed by atoms with Gasteiger partial charge in [-0.1, -0.05) is 0 Å². The first kappa shape index (κ1) is 16.6. The van der Waals surface area contributed by atoms with E-state index in [-0.39, 0.29) is 10.0 Å². The van der Waals surface area contributed by atoms with E-state index >= 15 is 0 Å². The lowest BCUT2D eigenvalue weighted by molar-refractivity contribution is -0.138. The Bertz CT molecular complexity index is 616. The van der Waals surface area contributed by atoms with Crippen molar-refractivity contribution in [1.82, 2.24) is 0 Å². The first-order valence-electron chi connectivity index (χ1n) is 5.45. The molecule has 0 bridgehead atoms. The summed E-state index contributed by atoms with van der Waals surface area (Å²) >= 11 is 1.31. The summed E-state index contributed by atoms with van der Waals surface area (Å²) in [5.74, 6) is 0. The summed E-state index contributed by atoms with van der Waals surface area (Å²) in [4.78, 5) is 11.5. The van der Waals surface area contributed by atoms with Crippen LogP contribution in [0.3, 0.4) is 0 Å². The van der Waals surface area contributed by atoms with E-state index in [1.807, 2.05) is 0 Å². The Morgan fingerprint density at radius 1 is 0.818 bits per heavy atom. The lowest BCUT2D eigenvalue weighted by Crippen LogP contribution is -2.18. The maximum atomic E-state index is 12.4. The zero-order valence-corrected chi connectivity index (χ0v) is 11.9. The number of amides is 2. The highest BCUT2D eigenvalue weighted by Crippen LogP contribution is 2.36. The summed E-state index contributed by atoms with van der Waals surface area (Å²) < 4.78 is 74.2. The van der Waals surface area contributed by atoms with Gasteiger partial charge in [0.15, 0.2) is 0 Å². The van der Waals surface area contributed by atoms with Crippen LogP contribution in [0.5, 0.6) is 0 Å². The third-order valence-corrected chi connectivity index (χ3v) is 4.02. The number of carbonyl (C=O) groups is 1. The average Bonchev–Trinajstić information content (AvgIpc) is 2.96. The third kappa shape index (κ3) is 4.13. The molecule has 2 aromatic rings. The quantitative estimate of drug-likeness (QED) is 0.683. The molecular formula is C11H6F6N2OS2. The van der Waals surface area contributed by atoms with Gasteiger partial charge < -0.3 is 0 Å². The smallest absolute Gasteiger partial charge is 0.299 e. The summed E-state index contributed by atoms with van der Waals surface area (Å²) in [6.07, 6.45) is -9.05. The van der Waals surface area contributed by atoms with E-state index < -0.39 is 29.5 Å². The van der Waals surface area contributed by atoms with Crippen LogP contribution in [0.25, 0.3) is 0 Å². The minimum atomic E-state index is -4.53. The molecule has 0 aromatic carbocycles. The van der Waals surface area contributed by atoms with Crippen LogP contribution in [0.2, 0.25) is 0 Å². The Morgan fingerprint density at radius 3 is 1.45 bits per heavy atom. The SMILES string of the molecule is O=C(Nc1cc(C(F)(F)F)cs1)Nc1cc(C(F)(F)F)cs1. The van der Waals surface area contributed by atoms with E-state index in [1.165, 1.54) is 0 Å². The molecule has 0 spiro atoms. The maximum Gasteiger partial charge on any atom is 0.417 e. The second-order valence-electron chi connectivity index (χ2n) is 3.97. The van der Waals surface area contributed by atoms with Gasteiger partial charge in [0, 0.05) is 10.8 Å². The first-order valence-corrected chi connectivity index (χ1v) is 7.21. The highest BCUT2D eigenvalue weighted by Gasteiger charge is 2.32. The van der Waals surface area contributed by atoms with Gasteiger partial charge >= 0.3 is 18.4 Å². The van der Waals surface area contributed by atoms with Crippen molar-refractivity contribution in [1.29, 1.82) is 0 Å². The molecule has 0 saturated carbocycles. The molecule has 0 unspecified atom stereocenters. The second-order valence-corrected chi connectivity index (χ2v) is 5.80. The standard InChI is InChI=1S/C11H6F6N2OS2/c12-10(13,14)5-1-7(21-3-5)18-9(20)19-8-2-6(4-22-8)11(15,16)17/h1-4H,(H2,18,19,20). The fourth-order valence-corrected chi connectivity index (χ4v) is 2.96. The summed E-state index contributed by atoms with van der Waals surface area (Å²) in [6.45, 7) is 0. The fraction of sp³-hybridized carbons (Fsp3) is 0.182. The highest BCUT2D eigenvalue weighted by atomic mass is 32.1. The van der Waals surface area contributed by atoms with Crippen LogP contribution >= 0.6 is 22.7 Å². The van der Waals surface area contributed by atoms with E-state index in [1.54, 1.807) is 0 Å². The number of halogens is 6. The summed E-state index contributed by atoms with van der Waals surface area (Å²) in [7, 11) is 0. The highest BCUT2D eigenvalue weighted by molar-refractivity contribution is 7.15. The molecule has 0 radical (unpaired) electrons. The van der Waals surface area contributed by atoms with Crippen molar-refractivity contribution in [2.75, 3.05) is 10.6 Å². The Morgan fingerprint density at radius 2 is 1.18 bits per heavy atom. The number of hydrogen-bond acceptors (Lipinski definition) is 3. The number of thiophene rings is 2. The van der Waals surface area contributed by atoms with E-state index in [9.17, 15) is 31.1 Å². The molecule has 11 heteroatoms. The Kier molecular flexibility index (Phi) is 4.38. The minimum absolute atomic E-state index is 0.0718. The molecule has 0 saturated heterocycles. The lowest BCUT2D eigenvalue weighted by atomic mass is 10.3. The normalized spacial score (nSPS) is 12.3. The molecule has 0 aliphatic rings. The number of nitrogens with one attached hydrogen (secondary N) is 2. The molecular weight excluding hydrogens is 354 g/mol. The van der Waals surface area contributed by atoms with E-state index in [0.29, 0.717) is 22.7 Å². The summed E-state index contributed by atoms with van der Waals surface area (Å²) in [6, 6.07) is 0.547. The van der Waals surface area contributed by atoms with Crippen LogP contribution in [0, 0.1) is 0 Å². The van der Waals surface area contributed by atoms with Crippen LogP contribution in [0.15, 0.2) is 22.9 Å². The monoisotopic (exact) mass is 360 g/mol. The Balaban J connectivity index is 1.99. The number of anilines is 2. The molecule has 2 aromatic heterocycles. The number of rotatable bonds is 2. The lowest BCUT2D eigenvalue weighted by Gasteiger charge is -2.04. The predicted molar refractivity (Wildman–Crippen MR) is 71.3 cm³/mol. The van der Waals surface area contributed by atoms with Crippen molar-refractivity contribution in [3.05, 3.63) is 34.0 Å². The molecule has 0 aliphatic heterocycles. The van der Waals surface area contributed by atoms with Gasteiger partial charge in [-0.3, -0.25) is 10.6 Å². The molecule has 0 aliphatic carbocycles. The van der Waals surface area contributed by atoms with Gasteiger partial charge in [-0.15, -0.1) is 22.7 Å². The van der Waals surface area contributed by atoms with Crippen LogP contribution < -0.4 is 10.6 Å². The van der Waals surface area contributed by atoms with E-state index in [4.69, 9.17) is 0 Å². The zero-order chi connectivity index (χ0) is 16.5. The second kappa shape index (κ2) is 5.80. The molecule has 22 heavy (non-hydrogen) atoms. The zero-order valence-electron chi connectivity index (χ0n) is 10.3. The average molecular weight is 360 g/mol. The Labute approximate surface area is 127 Å². The van der Waals surface area contributed by atoms with Crippen molar-refractivity contribution in [2.24, 2.45) is 0 Å². The number of hydrogen-bond donors (Lipinski definition) is 2. The summed E-state index contributed by atoms with van der Waals surface area (Å²) in [5, 5.41) is 5.75. The molecule has 0 fully saturated rings. The van der Waals surface area contributed by atoms with Gasteiger partial charge in [0.2, 0.25) is 0 Å². The van der Waals surface area contributed by atoms with Crippen molar-refractivity contribution in [3.8, 4) is 0 Å². The molecule has 2 amide bonds. The largest absolute Gasteiger partial charge is 0.417 e. The molecule has 2 rings (SSSR count). The number of urea groups is 1. The van der Waals surface area contributed by atoms with Crippen LogP contribution in [0.1, 0.15) is 11.1 Å². The van der Waals surface area contributed by atoms with Crippen LogP contribution in [-0.4, -0.2) is 6.03 Å². The molecule has 120 valence electrons. The minimum Gasteiger partial charge on any atom is -0.299 e. The predicted octanol–water partition coefficient (Wildman–Crippen LogP) is 5.49. The first-order chi connectivity index (χ1) is 10.1. The van der Waals surface area contributed by atoms with Gasteiger partial charge in [-0.25, -0.2) is 4.79 Å². The number of carbonyl (C=O) groups excluding carboxylic acids is 1. The van der Waals surface area contributed by atoms with Crippen molar-refractivity contribution in [3.63, 3.8) is 0 Å². The Hall–Kier alpha value is -1.75. The van der Waals surface area contributed by atoms with Gasteiger partial charge in [0.25, 0.3) is 0 Å². The van der Waals surface area contributed by atoms with Crippen molar-refractivity contribution in [2.45, 2.75) is 12.4 Å². The van der Waals surface area contributed by atoms with Crippen LogP contribution in [0.4, 0.5) is 41.1 Å². The van der Waals surface area contributed by atoms with Gasteiger partial charge in [-0.05, 0) is 12.1 Å². The van der Waals surface area contributed by atoms with Gasteiger partial charge in [-0.2, -0.15) is 26.3 Å². The summed E-state index contributed by atoms with van der Waals surface area (Å²) in [5.41, 5.74) is -1.83. The van der Waals surface area contributed by atoms with E-state index in [0.717, 1.165) is 22.9 Å². The fourth-order valence-electron chi connectivity index (χ4n) is 1.36. The van der Waals surface area contributed by atoms with E-state index in [2.05, 4.69) is 10.6 Å². The third-order valence-electron chi connectivity index (χ3n) is 2.33. The van der Waals surface area contributed by atoms with Gasteiger partial charge in [0.05, 0.1) is 21.1 Å². The van der Waals surface area contributed by atoms with Crippen molar-refractivity contribution >= 4 is 38.7 Å².